The zero-order chi connectivity index (χ0) is 14.9. The highest BCUT2D eigenvalue weighted by Gasteiger charge is 2.27. The molecule has 118 valence electrons. The van der Waals surface area contributed by atoms with E-state index in [1.165, 1.54) is 36.0 Å². The van der Waals surface area contributed by atoms with Gasteiger partial charge in [-0.05, 0) is 61.6 Å². The van der Waals surface area contributed by atoms with Gasteiger partial charge in [0.05, 0.1) is 6.26 Å². The average molecular weight is 329 g/mol. The van der Waals surface area contributed by atoms with Crippen molar-refractivity contribution in [1.29, 1.82) is 0 Å². The SMILES string of the molecule is CS(=O)(=O)N1CCCC(CNC2CCCc3sccc32)C1. The van der Waals surface area contributed by atoms with E-state index in [-0.39, 0.29) is 0 Å². The minimum absolute atomic E-state index is 0.442. The molecular weight excluding hydrogens is 304 g/mol. The van der Waals surface area contributed by atoms with Gasteiger partial charge in [0.25, 0.3) is 0 Å². The van der Waals surface area contributed by atoms with Crippen molar-refractivity contribution in [3.8, 4) is 0 Å². The van der Waals surface area contributed by atoms with E-state index >= 15 is 0 Å². The molecule has 2 unspecified atom stereocenters. The van der Waals surface area contributed by atoms with Crippen molar-refractivity contribution in [3.63, 3.8) is 0 Å². The van der Waals surface area contributed by atoms with Gasteiger partial charge in [-0.2, -0.15) is 0 Å². The Morgan fingerprint density at radius 1 is 1.38 bits per heavy atom. The fourth-order valence-corrected chi connectivity index (χ4v) is 5.43. The molecule has 21 heavy (non-hydrogen) atoms. The molecule has 6 heteroatoms. The molecule has 1 aliphatic carbocycles. The molecular formula is C15H24N2O2S2. The highest BCUT2D eigenvalue weighted by Crippen LogP contribution is 2.33. The van der Waals surface area contributed by atoms with Gasteiger partial charge in [-0.1, -0.05) is 0 Å². The Bertz CT molecular complexity index is 582. The smallest absolute Gasteiger partial charge is 0.211 e. The molecule has 1 fully saturated rings. The van der Waals surface area contributed by atoms with Crippen molar-refractivity contribution < 1.29 is 8.42 Å². The maximum absolute atomic E-state index is 11.7. The molecule has 2 heterocycles. The molecule has 0 aromatic carbocycles. The molecule has 0 bridgehead atoms. The van der Waals surface area contributed by atoms with Crippen molar-refractivity contribution >= 4 is 21.4 Å². The average Bonchev–Trinajstić information content (AvgIpc) is 2.93. The van der Waals surface area contributed by atoms with Crippen LogP contribution >= 0.6 is 11.3 Å². The van der Waals surface area contributed by atoms with Crippen LogP contribution < -0.4 is 5.32 Å². The minimum Gasteiger partial charge on any atom is -0.310 e. The number of aryl methyl sites for hydroxylation is 1. The van der Waals surface area contributed by atoms with E-state index in [9.17, 15) is 8.42 Å². The highest BCUT2D eigenvalue weighted by molar-refractivity contribution is 7.88. The van der Waals surface area contributed by atoms with Crippen LogP contribution in [0, 0.1) is 5.92 Å². The van der Waals surface area contributed by atoms with Crippen molar-refractivity contribution in [3.05, 3.63) is 21.9 Å². The predicted octanol–water partition coefficient (Wildman–Crippen LogP) is 2.39. The number of nitrogens with one attached hydrogen (secondary N) is 1. The molecule has 3 rings (SSSR count). The third-order valence-electron chi connectivity index (χ3n) is 4.66. The van der Waals surface area contributed by atoms with Crippen LogP contribution in [0.25, 0.3) is 0 Å². The van der Waals surface area contributed by atoms with E-state index in [4.69, 9.17) is 0 Å². The van der Waals surface area contributed by atoms with Crippen LogP contribution in [0.4, 0.5) is 0 Å². The molecule has 1 aliphatic heterocycles. The van der Waals surface area contributed by atoms with Gasteiger partial charge in [0.2, 0.25) is 10.0 Å². The first kappa shape index (κ1) is 15.5. The Balaban J connectivity index is 1.57. The molecule has 1 N–H and O–H groups in total. The zero-order valence-corrected chi connectivity index (χ0v) is 14.2. The van der Waals surface area contributed by atoms with Gasteiger partial charge in [-0.3, -0.25) is 0 Å². The minimum atomic E-state index is -3.03. The number of nitrogens with zero attached hydrogens (tertiary/aromatic N) is 1. The van der Waals surface area contributed by atoms with E-state index in [0.29, 0.717) is 25.0 Å². The van der Waals surface area contributed by atoms with Gasteiger partial charge >= 0.3 is 0 Å². The van der Waals surface area contributed by atoms with Crippen LogP contribution in [0.2, 0.25) is 0 Å². The van der Waals surface area contributed by atoms with Crippen LogP contribution in [0.1, 0.15) is 42.2 Å². The van der Waals surface area contributed by atoms with E-state index in [1.807, 2.05) is 11.3 Å². The van der Waals surface area contributed by atoms with E-state index in [0.717, 1.165) is 19.4 Å². The molecule has 0 saturated carbocycles. The maximum atomic E-state index is 11.7. The van der Waals surface area contributed by atoms with Crippen molar-refractivity contribution in [2.45, 2.75) is 38.1 Å². The van der Waals surface area contributed by atoms with Gasteiger partial charge in [0.15, 0.2) is 0 Å². The lowest BCUT2D eigenvalue weighted by molar-refractivity contribution is 0.253. The second kappa shape index (κ2) is 6.36. The lowest BCUT2D eigenvalue weighted by Crippen LogP contribution is -2.43. The molecule has 1 aromatic heterocycles. The quantitative estimate of drug-likeness (QED) is 0.923. The summed E-state index contributed by atoms with van der Waals surface area (Å²) >= 11 is 1.87. The Hall–Kier alpha value is -0.430. The van der Waals surface area contributed by atoms with Crippen molar-refractivity contribution in [2.24, 2.45) is 5.92 Å². The van der Waals surface area contributed by atoms with E-state index < -0.39 is 10.0 Å². The molecule has 2 aliphatic rings. The Morgan fingerprint density at radius 2 is 2.24 bits per heavy atom. The third-order valence-corrected chi connectivity index (χ3v) is 6.92. The summed E-state index contributed by atoms with van der Waals surface area (Å²) in [5.41, 5.74) is 1.47. The zero-order valence-electron chi connectivity index (χ0n) is 12.5. The standard InChI is InChI=1S/C15H24N2O2S2/c1-21(18,19)17-8-3-4-12(11-17)10-16-14-5-2-6-15-13(14)7-9-20-15/h7,9,12,14,16H,2-6,8,10-11H2,1H3. The van der Waals surface area contributed by atoms with Gasteiger partial charge in [0, 0.05) is 24.0 Å². The Kier molecular flexibility index (Phi) is 4.69. The van der Waals surface area contributed by atoms with Crippen LogP contribution in [0.5, 0.6) is 0 Å². The number of hydrogen-bond acceptors (Lipinski definition) is 4. The molecule has 1 saturated heterocycles. The molecule has 0 radical (unpaired) electrons. The molecule has 0 amide bonds. The van der Waals surface area contributed by atoms with Gasteiger partial charge in [-0.25, -0.2) is 12.7 Å². The third kappa shape index (κ3) is 3.67. The normalized spacial score (nSPS) is 27.5. The number of rotatable bonds is 4. The number of hydrogen-bond donors (Lipinski definition) is 1. The highest BCUT2D eigenvalue weighted by atomic mass is 32.2. The Morgan fingerprint density at radius 3 is 3.05 bits per heavy atom. The molecule has 2 atom stereocenters. The second-order valence-corrected chi connectivity index (χ2v) is 9.26. The topological polar surface area (TPSA) is 49.4 Å². The number of sulfonamides is 1. The summed E-state index contributed by atoms with van der Waals surface area (Å²) in [7, 11) is -3.03. The summed E-state index contributed by atoms with van der Waals surface area (Å²) in [6, 6.07) is 2.72. The molecule has 4 nitrogen and oxygen atoms in total. The van der Waals surface area contributed by atoms with Crippen molar-refractivity contribution in [2.75, 3.05) is 25.9 Å². The van der Waals surface area contributed by atoms with E-state index in [2.05, 4.69) is 16.8 Å². The first-order valence-electron chi connectivity index (χ1n) is 7.79. The van der Waals surface area contributed by atoms with Crippen LogP contribution in [0.15, 0.2) is 11.4 Å². The monoisotopic (exact) mass is 328 g/mol. The van der Waals surface area contributed by atoms with E-state index in [1.54, 1.807) is 4.31 Å². The fourth-order valence-electron chi connectivity index (χ4n) is 3.50. The number of piperidine rings is 1. The van der Waals surface area contributed by atoms with Crippen LogP contribution in [0.3, 0.4) is 0 Å². The number of thiophene rings is 1. The summed E-state index contributed by atoms with van der Waals surface area (Å²) in [6.07, 6.45) is 7.10. The fraction of sp³-hybridized carbons (Fsp3) is 0.733. The van der Waals surface area contributed by atoms with Gasteiger partial charge in [0.1, 0.15) is 0 Å². The lowest BCUT2D eigenvalue weighted by atomic mass is 9.92. The van der Waals surface area contributed by atoms with Crippen LogP contribution in [-0.4, -0.2) is 38.6 Å². The Labute approximate surface area is 131 Å². The number of fused-ring (bicyclic) bond motifs is 1. The summed E-state index contributed by atoms with van der Waals surface area (Å²) in [5, 5.41) is 5.88. The first-order chi connectivity index (χ1) is 10.0. The lowest BCUT2D eigenvalue weighted by Gasteiger charge is -2.33. The molecule has 1 aromatic rings. The maximum Gasteiger partial charge on any atom is 0.211 e. The van der Waals surface area contributed by atoms with Gasteiger partial charge in [-0.15, -0.1) is 11.3 Å². The largest absolute Gasteiger partial charge is 0.310 e. The summed E-state index contributed by atoms with van der Waals surface area (Å²) < 4.78 is 25.0. The van der Waals surface area contributed by atoms with Crippen molar-refractivity contribution in [1.82, 2.24) is 9.62 Å². The second-order valence-electron chi connectivity index (χ2n) is 6.28. The van der Waals surface area contributed by atoms with Crippen LogP contribution in [-0.2, 0) is 16.4 Å². The summed E-state index contributed by atoms with van der Waals surface area (Å²) in [5.74, 6) is 0.442. The summed E-state index contributed by atoms with van der Waals surface area (Å²) in [4.78, 5) is 1.53. The predicted molar refractivity (Wildman–Crippen MR) is 87.1 cm³/mol. The molecule has 0 spiro atoms. The summed E-state index contributed by atoms with van der Waals surface area (Å²) in [6.45, 7) is 2.29. The first-order valence-corrected chi connectivity index (χ1v) is 10.5. The van der Waals surface area contributed by atoms with Gasteiger partial charge < -0.3 is 5.32 Å².